The van der Waals surface area contributed by atoms with Gasteiger partial charge in [0.05, 0.1) is 14.2 Å². The van der Waals surface area contributed by atoms with Gasteiger partial charge in [-0.1, -0.05) is 11.6 Å². The molecule has 12 heavy (non-hydrogen) atoms. The molecule has 0 N–H and O–H groups in total. The van der Waals surface area contributed by atoms with Crippen LogP contribution in [0.5, 0.6) is 0 Å². The van der Waals surface area contributed by atoms with Gasteiger partial charge in [-0.2, -0.15) is 0 Å². The van der Waals surface area contributed by atoms with Gasteiger partial charge in [-0.05, 0) is 13.0 Å². The molecule has 0 saturated carbocycles. The Hall–Kier alpha value is -1.18. The Bertz CT molecular complexity index is 247. The highest BCUT2D eigenvalue weighted by Crippen LogP contribution is 2.16. The molecule has 0 amide bonds. The first-order valence-electron chi connectivity index (χ1n) is 3.93. The first-order valence-corrected chi connectivity index (χ1v) is 3.93. The van der Waals surface area contributed by atoms with Crippen molar-refractivity contribution in [3.05, 3.63) is 35.3 Å². The molecule has 0 fully saturated rings. The summed E-state index contributed by atoms with van der Waals surface area (Å²) in [7, 11) is 3.34. The van der Waals surface area contributed by atoms with Crippen LogP contribution in [0.4, 0.5) is 0 Å². The van der Waals surface area contributed by atoms with Crippen molar-refractivity contribution in [3.63, 3.8) is 0 Å². The summed E-state index contributed by atoms with van der Waals surface area (Å²) in [4.78, 5) is 0. The molecule has 0 heterocycles. The fraction of sp³-hybridized carbons (Fsp3) is 0.400. The Morgan fingerprint density at radius 1 is 1.17 bits per heavy atom. The minimum absolute atomic E-state index is 0.839. The van der Waals surface area contributed by atoms with E-state index in [1.807, 2.05) is 19.1 Å². The van der Waals surface area contributed by atoms with Crippen molar-refractivity contribution in [2.24, 2.45) is 0 Å². The molecule has 2 heteroatoms. The molecule has 0 aromatic heterocycles. The van der Waals surface area contributed by atoms with E-state index in [4.69, 9.17) is 9.47 Å². The molecule has 0 aromatic carbocycles. The van der Waals surface area contributed by atoms with Crippen LogP contribution in [0.1, 0.15) is 13.3 Å². The molecule has 0 bridgehead atoms. The van der Waals surface area contributed by atoms with E-state index < -0.39 is 0 Å². The van der Waals surface area contributed by atoms with Crippen LogP contribution >= 0.6 is 0 Å². The van der Waals surface area contributed by atoms with Crippen LogP contribution in [0.25, 0.3) is 0 Å². The zero-order chi connectivity index (χ0) is 8.97. The molecular formula is C10H14O2. The van der Waals surface area contributed by atoms with Crippen LogP contribution in [-0.4, -0.2) is 14.2 Å². The maximum absolute atomic E-state index is 5.15. The fourth-order valence-electron chi connectivity index (χ4n) is 1.06. The van der Waals surface area contributed by atoms with Crippen molar-refractivity contribution < 1.29 is 9.47 Å². The van der Waals surface area contributed by atoms with Gasteiger partial charge in [0.25, 0.3) is 0 Å². The molecule has 0 aromatic rings. The summed E-state index contributed by atoms with van der Waals surface area (Å²) >= 11 is 0. The zero-order valence-electron chi connectivity index (χ0n) is 7.76. The van der Waals surface area contributed by atoms with Gasteiger partial charge in [0.2, 0.25) is 0 Å². The highest BCUT2D eigenvalue weighted by atomic mass is 16.5. The first-order chi connectivity index (χ1) is 5.76. The largest absolute Gasteiger partial charge is 0.501 e. The Balaban J connectivity index is 2.87. The molecule has 1 aliphatic carbocycles. The number of hydrogen-bond donors (Lipinski definition) is 0. The van der Waals surface area contributed by atoms with Crippen LogP contribution < -0.4 is 0 Å². The number of rotatable bonds is 2. The van der Waals surface area contributed by atoms with E-state index in [9.17, 15) is 0 Å². The van der Waals surface area contributed by atoms with Gasteiger partial charge in [0, 0.05) is 12.5 Å². The molecule has 1 rings (SSSR count). The number of ether oxygens (including phenoxy) is 2. The zero-order valence-corrected chi connectivity index (χ0v) is 7.76. The third-order valence-corrected chi connectivity index (χ3v) is 1.80. The maximum atomic E-state index is 5.15. The van der Waals surface area contributed by atoms with Crippen molar-refractivity contribution >= 4 is 0 Å². The number of allylic oxidation sites excluding steroid dienone is 4. The van der Waals surface area contributed by atoms with Gasteiger partial charge in [-0.3, -0.25) is 0 Å². The minimum Gasteiger partial charge on any atom is -0.501 e. The molecular weight excluding hydrogens is 152 g/mol. The molecule has 1 aliphatic rings. The molecule has 66 valence electrons. The van der Waals surface area contributed by atoms with Crippen molar-refractivity contribution in [2.75, 3.05) is 14.2 Å². The predicted molar refractivity (Wildman–Crippen MR) is 48.6 cm³/mol. The summed E-state index contributed by atoms with van der Waals surface area (Å²) < 4.78 is 10.3. The van der Waals surface area contributed by atoms with E-state index in [0.717, 1.165) is 17.9 Å². The summed E-state index contributed by atoms with van der Waals surface area (Å²) in [5.41, 5.74) is 1.20. The molecule has 0 spiro atoms. The van der Waals surface area contributed by atoms with E-state index in [1.165, 1.54) is 5.57 Å². The third-order valence-electron chi connectivity index (χ3n) is 1.80. The molecule has 0 atom stereocenters. The predicted octanol–water partition coefficient (Wildman–Crippen LogP) is 2.40. The fourth-order valence-corrected chi connectivity index (χ4v) is 1.06. The van der Waals surface area contributed by atoms with Crippen LogP contribution in [0, 0.1) is 0 Å². The summed E-state index contributed by atoms with van der Waals surface area (Å²) in [5.74, 6) is 1.78. The van der Waals surface area contributed by atoms with Crippen molar-refractivity contribution in [1.29, 1.82) is 0 Å². The normalized spacial score (nSPS) is 17.1. The third kappa shape index (κ3) is 2.16. The van der Waals surface area contributed by atoms with Crippen LogP contribution in [0.15, 0.2) is 35.3 Å². The lowest BCUT2D eigenvalue weighted by Gasteiger charge is -2.02. The molecule has 0 saturated heterocycles. The maximum Gasteiger partial charge on any atom is 0.122 e. The summed E-state index contributed by atoms with van der Waals surface area (Å²) in [5, 5.41) is 0. The van der Waals surface area contributed by atoms with Crippen molar-refractivity contribution in [2.45, 2.75) is 13.3 Å². The van der Waals surface area contributed by atoms with Gasteiger partial charge in [-0.25, -0.2) is 0 Å². The number of hydrogen-bond acceptors (Lipinski definition) is 2. The lowest BCUT2D eigenvalue weighted by atomic mass is 10.2. The lowest BCUT2D eigenvalue weighted by Crippen LogP contribution is -1.87. The Morgan fingerprint density at radius 2 is 1.92 bits per heavy atom. The summed E-state index contributed by atoms with van der Waals surface area (Å²) in [6.45, 7) is 2.05. The average Bonchev–Trinajstić information content (AvgIpc) is 2.26. The lowest BCUT2D eigenvalue weighted by molar-refractivity contribution is 0.271. The van der Waals surface area contributed by atoms with Gasteiger partial charge in [0.1, 0.15) is 11.5 Å². The SMILES string of the molecule is COC1=CC(C)=CCC(OC)=C1. The van der Waals surface area contributed by atoms with Crippen LogP contribution in [-0.2, 0) is 9.47 Å². The highest BCUT2D eigenvalue weighted by molar-refractivity contribution is 5.30. The van der Waals surface area contributed by atoms with E-state index in [-0.39, 0.29) is 0 Å². The van der Waals surface area contributed by atoms with Gasteiger partial charge in [0.15, 0.2) is 0 Å². The van der Waals surface area contributed by atoms with E-state index >= 15 is 0 Å². The number of methoxy groups -OCH3 is 2. The van der Waals surface area contributed by atoms with E-state index in [0.29, 0.717) is 0 Å². The van der Waals surface area contributed by atoms with Crippen LogP contribution in [0.3, 0.4) is 0 Å². The standard InChI is InChI=1S/C10H14O2/c1-8-4-5-9(11-2)7-10(6-8)12-3/h4,6-7H,5H2,1-3H3. The summed E-state index contributed by atoms with van der Waals surface area (Å²) in [6.07, 6.45) is 6.85. The topological polar surface area (TPSA) is 18.5 Å². The molecule has 0 unspecified atom stereocenters. The minimum atomic E-state index is 0.839. The van der Waals surface area contributed by atoms with Gasteiger partial charge < -0.3 is 9.47 Å². The second-order valence-corrected chi connectivity index (χ2v) is 2.72. The molecule has 2 nitrogen and oxygen atoms in total. The van der Waals surface area contributed by atoms with Crippen molar-refractivity contribution in [3.8, 4) is 0 Å². The Morgan fingerprint density at radius 3 is 2.50 bits per heavy atom. The second kappa shape index (κ2) is 4.00. The first kappa shape index (κ1) is 8.91. The Labute approximate surface area is 73.2 Å². The quantitative estimate of drug-likeness (QED) is 0.627. The second-order valence-electron chi connectivity index (χ2n) is 2.72. The monoisotopic (exact) mass is 166 g/mol. The Kier molecular flexibility index (Phi) is 2.97. The average molecular weight is 166 g/mol. The van der Waals surface area contributed by atoms with Crippen LogP contribution in [0.2, 0.25) is 0 Å². The van der Waals surface area contributed by atoms with Gasteiger partial charge in [-0.15, -0.1) is 0 Å². The summed E-state index contributed by atoms with van der Waals surface area (Å²) in [6, 6.07) is 0. The molecule has 0 aliphatic heterocycles. The van der Waals surface area contributed by atoms with E-state index in [1.54, 1.807) is 14.2 Å². The van der Waals surface area contributed by atoms with E-state index in [2.05, 4.69) is 6.08 Å². The van der Waals surface area contributed by atoms with Crippen molar-refractivity contribution in [1.82, 2.24) is 0 Å². The smallest absolute Gasteiger partial charge is 0.122 e. The highest BCUT2D eigenvalue weighted by Gasteiger charge is 2.02. The van der Waals surface area contributed by atoms with Gasteiger partial charge >= 0.3 is 0 Å². The molecule has 0 radical (unpaired) electrons.